The Bertz CT molecular complexity index is 538. The van der Waals surface area contributed by atoms with Crippen molar-refractivity contribution < 1.29 is 14.6 Å². The van der Waals surface area contributed by atoms with Gasteiger partial charge in [-0.15, -0.1) is 0 Å². The SMILES string of the molecule is CC(NCc1ccc(CO)o1)C(O)c1ccc(Br)cc1. The van der Waals surface area contributed by atoms with E-state index >= 15 is 0 Å². The molecule has 0 saturated heterocycles. The molecule has 5 heteroatoms. The molecule has 0 spiro atoms. The van der Waals surface area contributed by atoms with Gasteiger partial charge in [0.15, 0.2) is 0 Å². The maximum Gasteiger partial charge on any atom is 0.129 e. The minimum atomic E-state index is -0.588. The van der Waals surface area contributed by atoms with Crippen LogP contribution < -0.4 is 5.32 Å². The van der Waals surface area contributed by atoms with Gasteiger partial charge in [0.1, 0.15) is 18.1 Å². The van der Waals surface area contributed by atoms with Crippen LogP contribution in [0, 0.1) is 0 Å². The smallest absolute Gasteiger partial charge is 0.129 e. The van der Waals surface area contributed by atoms with Gasteiger partial charge < -0.3 is 19.9 Å². The summed E-state index contributed by atoms with van der Waals surface area (Å²) in [6.07, 6.45) is -0.588. The molecule has 2 rings (SSSR count). The van der Waals surface area contributed by atoms with Gasteiger partial charge in [-0.05, 0) is 36.8 Å². The van der Waals surface area contributed by atoms with Gasteiger partial charge in [0.2, 0.25) is 0 Å². The van der Waals surface area contributed by atoms with E-state index < -0.39 is 6.10 Å². The minimum absolute atomic E-state index is 0.100. The molecule has 108 valence electrons. The first kappa shape index (κ1) is 15.3. The number of furan rings is 1. The monoisotopic (exact) mass is 339 g/mol. The number of benzene rings is 1. The maximum absolute atomic E-state index is 10.3. The second-order valence-electron chi connectivity index (χ2n) is 4.69. The standard InChI is InChI=1S/C15H18BrNO3/c1-10(15(19)11-2-4-12(16)5-3-11)17-8-13-6-7-14(9-18)20-13/h2-7,10,15,17-19H,8-9H2,1H3. The zero-order valence-corrected chi connectivity index (χ0v) is 12.8. The van der Waals surface area contributed by atoms with Crippen molar-refractivity contribution in [1.29, 1.82) is 0 Å². The first-order chi connectivity index (χ1) is 9.60. The van der Waals surface area contributed by atoms with E-state index in [9.17, 15) is 5.11 Å². The first-order valence-electron chi connectivity index (χ1n) is 6.45. The fourth-order valence-electron chi connectivity index (χ4n) is 1.92. The van der Waals surface area contributed by atoms with Crippen LogP contribution in [0.2, 0.25) is 0 Å². The van der Waals surface area contributed by atoms with Gasteiger partial charge in [-0.3, -0.25) is 0 Å². The third-order valence-corrected chi connectivity index (χ3v) is 3.69. The number of rotatable bonds is 6. The van der Waals surface area contributed by atoms with Gasteiger partial charge in [0.05, 0.1) is 12.6 Å². The molecule has 0 saturated carbocycles. The highest BCUT2D eigenvalue weighted by Gasteiger charge is 2.16. The average Bonchev–Trinajstić information content (AvgIpc) is 2.93. The second-order valence-corrected chi connectivity index (χ2v) is 5.61. The number of aliphatic hydroxyl groups excluding tert-OH is 2. The first-order valence-corrected chi connectivity index (χ1v) is 7.25. The molecule has 2 aromatic rings. The summed E-state index contributed by atoms with van der Waals surface area (Å²) in [4.78, 5) is 0. The van der Waals surface area contributed by atoms with Crippen molar-refractivity contribution in [1.82, 2.24) is 5.32 Å². The van der Waals surface area contributed by atoms with Crippen LogP contribution in [-0.2, 0) is 13.2 Å². The van der Waals surface area contributed by atoms with E-state index in [-0.39, 0.29) is 12.6 Å². The quantitative estimate of drug-likeness (QED) is 0.757. The van der Waals surface area contributed by atoms with Crippen molar-refractivity contribution in [2.24, 2.45) is 0 Å². The summed E-state index contributed by atoms with van der Waals surface area (Å²) in [5.74, 6) is 1.28. The number of nitrogens with one attached hydrogen (secondary N) is 1. The van der Waals surface area contributed by atoms with E-state index in [0.717, 1.165) is 15.8 Å². The Morgan fingerprint density at radius 3 is 2.40 bits per heavy atom. The zero-order valence-electron chi connectivity index (χ0n) is 11.2. The molecule has 0 aliphatic heterocycles. The van der Waals surface area contributed by atoms with E-state index in [4.69, 9.17) is 9.52 Å². The molecular weight excluding hydrogens is 322 g/mol. The molecular formula is C15H18BrNO3. The van der Waals surface area contributed by atoms with Crippen LogP contribution in [-0.4, -0.2) is 16.3 Å². The van der Waals surface area contributed by atoms with E-state index in [0.29, 0.717) is 12.3 Å². The largest absolute Gasteiger partial charge is 0.462 e. The van der Waals surface area contributed by atoms with Gasteiger partial charge >= 0.3 is 0 Å². The van der Waals surface area contributed by atoms with Gasteiger partial charge in [0, 0.05) is 10.5 Å². The van der Waals surface area contributed by atoms with Crippen molar-refractivity contribution in [3.8, 4) is 0 Å². The van der Waals surface area contributed by atoms with E-state index in [2.05, 4.69) is 21.2 Å². The van der Waals surface area contributed by atoms with E-state index in [1.165, 1.54) is 0 Å². The molecule has 4 nitrogen and oxygen atoms in total. The predicted octanol–water partition coefficient (Wildman–Crippen LogP) is 2.75. The van der Waals surface area contributed by atoms with Crippen molar-refractivity contribution in [2.45, 2.75) is 32.2 Å². The highest BCUT2D eigenvalue weighted by Crippen LogP contribution is 2.20. The molecule has 1 aromatic carbocycles. The van der Waals surface area contributed by atoms with Crippen LogP contribution in [0.4, 0.5) is 0 Å². The minimum Gasteiger partial charge on any atom is -0.462 e. The van der Waals surface area contributed by atoms with Gasteiger partial charge in [-0.2, -0.15) is 0 Å². The number of halogens is 1. The lowest BCUT2D eigenvalue weighted by Crippen LogP contribution is -2.31. The lowest BCUT2D eigenvalue weighted by Gasteiger charge is -2.20. The van der Waals surface area contributed by atoms with Gasteiger partial charge in [-0.1, -0.05) is 28.1 Å². The molecule has 0 fully saturated rings. The van der Waals surface area contributed by atoms with Crippen molar-refractivity contribution >= 4 is 15.9 Å². The summed E-state index contributed by atoms with van der Waals surface area (Å²) in [6.45, 7) is 2.33. The lowest BCUT2D eigenvalue weighted by atomic mass is 10.0. The van der Waals surface area contributed by atoms with E-state index in [1.54, 1.807) is 6.07 Å². The molecule has 20 heavy (non-hydrogen) atoms. The van der Waals surface area contributed by atoms with Gasteiger partial charge in [-0.25, -0.2) is 0 Å². The Hall–Kier alpha value is -1.14. The normalized spacial score (nSPS) is 14.2. The summed E-state index contributed by atoms with van der Waals surface area (Å²) < 4.78 is 6.37. The molecule has 0 radical (unpaired) electrons. The van der Waals surface area contributed by atoms with Crippen molar-refractivity contribution in [3.05, 3.63) is 58.0 Å². The fraction of sp³-hybridized carbons (Fsp3) is 0.333. The van der Waals surface area contributed by atoms with Crippen LogP contribution in [0.3, 0.4) is 0 Å². The van der Waals surface area contributed by atoms with E-state index in [1.807, 2.05) is 37.3 Å². The topological polar surface area (TPSA) is 65.6 Å². The summed E-state index contributed by atoms with van der Waals surface area (Å²) in [7, 11) is 0. The summed E-state index contributed by atoms with van der Waals surface area (Å²) >= 11 is 3.37. The molecule has 0 amide bonds. The molecule has 3 N–H and O–H groups in total. The van der Waals surface area contributed by atoms with Crippen LogP contribution in [0.1, 0.15) is 30.1 Å². The van der Waals surface area contributed by atoms with Crippen LogP contribution in [0.5, 0.6) is 0 Å². The molecule has 0 aliphatic carbocycles. The Kier molecular flexibility index (Phi) is 5.37. The van der Waals surface area contributed by atoms with Crippen LogP contribution in [0.15, 0.2) is 45.3 Å². The summed E-state index contributed by atoms with van der Waals surface area (Å²) in [6, 6.07) is 11.0. The Morgan fingerprint density at radius 1 is 1.15 bits per heavy atom. The number of hydrogen-bond donors (Lipinski definition) is 3. The molecule has 0 aliphatic rings. The maximum atomic E-state index is 10.3. The molecule has 1 heterocycles. The van der Waals surface area contributed by atoms with Crippen LogP contribution in [0.25, 0.3) is 0 Å². The highest BCUT2D eigenvalue weighted by atomic mass is 79.9. The fourth-order valence-corrected chi connectivity index (χ4v) is 2.19. The van der Waals surface area contributed by atoms with Crippen molar-refractivity contribution in [2.75, 3.05) is 0 Å². The Morgan fingerprint density at radius 2 is 1.80 bits per heavy atom. The highest BCUT2D eigenvalue weighted by molar-refractivity contribution is 9.10. The number of aliphatic hydroxyl groups is 2. The third kappa shape index (κ3) is 3.93. The summed E-state index contributed by atoms with van der Waals surface area (Å²) in [5.41, 5.74) is 0.865. The molecule has 0 bridgehead atoms. The molecule has 1 aromatic heterocycles. The third-order valence-electron chi connectivity index (χ3n) is 3.16. The average molecular weight is 340 g/mol. The molecule has 2 atom stereocenters. The van der Waals surface area contributed by atoms with Crippen molar-refractivity contribution in [3.63, 3.8) is 0 Å². The molecule has 2 unspecified atom stereocenters. The van der Waals surface area contributed by atoms with Crippen LogP contribution >= 0.6 is 15.9 Å². The lowest BCUT2D eigenvalue weighted by molar-refractivity contribution is 0.134. The second kappa shape index (κ2) is 7.04. The summed E-state index contributed by atoms with van der Waals surface area (Å²) in [5, 5.41) is 22.4. The predicted molar refractivity (Wildman–Crippen MR) is 80.0 cm³/mol. The Balaban J connectivity index is 1.90. The Labute approximate surface area is 126 Å². The van der Waals surface area contributed by atoms with Gasteiger partial charge in [0.25, 0.3) is 0 Å². The number of hydrogen-bond acceptors (Lipinski definition) is 4. The zero-order chi connectivity index (χ0) is 14.5.